The van der Waals surface area contributed by atoms with Gasteiger partial charge in [0.15, 0.2) is 0 Å². The lowest BCUT2D eigenvalue weighted by Crippen LogP contribution is -2.55. The van der Waals surface area contributed by atoms with Gasteiger partial charge in [-0.05, 0) is 23.8 Å². The Labute approximate surface area is 123 Å². The van der Waals surface area contributed by atoms with Gasteiger partial charge in [-0.25, -0.2) is 0 Å². The topological polar surface area (TPSA) is 15.3 Å². The van der Waals surface area contributed by atoms with Gasteiger partial charge in [0, 0.05) is 31.2 Å². The van der Waals surface area contributed by atoms with E-state index in [1.807, 2.05) is 0 Å². The van der Waals surface area contributed by atoms with Crippen LogP contribution in [0.15, 0.2) is 30.3 Å². The molecule has 1 aliphatic carbocycles. The van der Waals surface area contributed by atoms with E-state index < -0.39 is 0 Å². The first-order valence-corrected chi connectivity index (χ1v) is 8.24. The molecule has 0 bridgehead atoms. The van der Waals surface area contributed by atoms with Crippen molar-refractivity contribution in [2.24, 2.45) is 11.8 Å². The quantitative estimate of drug-likeness (QED) is 0.903. The Bertz CT molecular complexity index is 430. The van der Waals surface area contributed by atoms with E-state index in [0.29, 0.717) is 12.1 Å². The van der Waals surface area contributed by atoms with Crippen molar-refractivity contribution in [1.82, 2.24) is 10.2 Å². The summed E-state index contributed by atoms with van der Waals surface area (Å²) in [7, 11) is 0. The maximum atomic E-state index is 3.80. The Morgan fingerprint density at radius 1 is 1.30 bits per heavy atom. The Balaban J connectivity index is 1.77. The van der Waals surface area contributed by atoms with Crippen molar-refractivity contribution >= 4 is 0 Å². The van der Waals surface area contributed by atoms with E-state index in [4.69, 9.17) is 0 Å². The van der Waals surface area contributed by atoms with Gasteiger partial charge >= 0.3 is 0 Å². The van der Waals surface area contributed by atoms with Crippen LogP contribution in [0.25, 0.3) is 0 Å². The van der Waals surface area contributed by atoms with E-state index in [1.165, 1.54) is 24.9 Å². The number of hydrogen-bond donors (Lipinski definition) is 1. The van der Waals surface area contributed by atoms with Gasteiger partial charge in [0.25, 0.3) is 0 Å². The Morgan fingerprint density at radius 2 is 2.00 bits per heavy atom. The lowest BCUT2D eigenvalue weighted by Gasteiger charge is -2.43. The predicted molar refractivity (Wildman–Crippen MR) is 84.7 cm³/mol. The molecule has 5 atom stereocenters. The number of rotatable bonds is 4. The van der Waals surface area contributed by atoms with Crippen molar-refractivity contribution < 1.29 is 0 Å². The molecule has 110 valence electrons. The minimum atomic E-state index is 0.562. The Hall–Kier alpha value is -0.860. The summed E-state index contributed by atoms with van der Waals surface area (Å²) in [4.78, 5) is 2.79. The first kappa shape index (κ1) is 14.1. The van der Waals surface area contributed by atoms with Gasteiger partial charge in [-0.15, -0.1) is 0 Å². The second-order valence-electron chi connectivity index (χ2n) is 6.80. The molecule has 0 radical (unpaired) electrons. The van der Waals surface area contributed by atoms with Crippen molar-refractivity contribution in [3.63, 3.8) is 0 Å². The maximum Gasteiger partial charge on any atom is 0.0476 e. The average Bonchev–Trinajstić information content (AvgIpc) is 3.23. The Morgan fingerprint density at radius 3 is 2.60 bits per heavy atom. The van der Waals surface area contributed by atoms with Crippen LogP contribution in [0.5, 0.6) is 0 Å². The number of nitrogens with zero attached hydrogens (tertiary/aromatic N) is 1. The summed E-state index contributed by atoms with van der Waals surface area (Å²) in [5, 5.41) is 3.80. The van der Waals surface area contributed by atoms with Gasteiger partial charge in [-0.3, -0.25) is 4.90 Å². The summed E-state index contributed by atoms with van der Waals surface area (Å²) in [5.74, 6) is 1.65. The smallest absolute Gasteiger partial charge is 0.0476 e. The van der Waals surface area contributed by atoms with Crippen LogP contribution in [-0.4, -0.2) is 30.1 Å². The largest absolute Gasteiger partial charge is 0.311 e. The highest BCUT2D eigenvalue weighted by Gasteiger charge is 2.44. The predicted octanol–water partition coefficient (Wildman–Crippen LogP) is 3.46. The molecule has 1 heterocycles. The molecule has 3 rings (SSSR count). The van der Waals surface area contributed by atoms with Crippen LogP contribution in [0.4, 0.5) is 0 Å². The Kier molecular flexibility index (Phi) is 4.13. The van der Waals surface area contributed by atoms with Crippen LogP contribution in [-0.2, 0) is 0 Å². The van der Waals surface area contributed by atoms with Crippen LogP contribution in [0.3, 0.4) is 0 Å². The van der Waals surface area contributed by atoms with Crippen molar-refractivity contribution in [1.29, 1.82) is 0 Å². The summed E-state index contributed by atoms with van der Waals surface area (Å²) in [6.45, 7) is 9.40. The van der Waals surface area contributed by atoms with E-state index >= 15 is 0 Å². The molecule has 2 aliphatic rings. The van der Waals surface area contributed by atoms with Gasteiger partial charge < -0.3 is 5.32 Å². The molecule has 0 spiro atoms. The van der Waals surface area contributed by atoms with Crippen LogP contribution >= 0.6 is 0 Å². The lowest BCUT2D eigenvalue weighted by molar-refractivity contribution is 0.0967. The molecule has 1 saturated heterocycles. The molecule has 1 N–H and O–H groups in total. The molecule has 1 aliphatic heterocycles. The van der Waals surface area contributed by atoms with E-state index in [2.05, 4.69) is 61.3 Å². The minimum absolute atomic E-state index is 0.562. The van der Waals surface area contributed by atoms with Gasteiger partial charge in [-0.2, -0.15) is 0 Å². The fraction of sp³-hybridized carbons (Fsp3) is 0.667. The zero-order valence-electron chi connectivity index (χ0n) is 13.0. The van der Waals surface area contributed by atoms with Gasteiger partial charge in [0.05, 0.1) is 0 Å². The molecule has 5 unspecified atom stereocenters. The standard InChI is InChI=1S/C18H28N2/c1-4-13(2)16-12-20(17-10-14(17)3)18(11-19-16)15-8-6-5-7-9-15/h5-9,13-14,16-19H,4,10-12H2,1-3H3. The van der Waals surface area contributed by atoms with E-state index in [-0.39, 0.29) is 0 Å². The molecule has 2 fully saturated rings. The number of hydrogen-bond acceptors (Lipinski definition) is 2. The number of benzene rings is 1. The zero-order valence-corrected chi connectivity index (χ0v) is 13.0. The molecule has 2 heteroatoms. The first-order valence-electron chi connectivity index (χ1n) is 8.24. The average molecular weight is 272 g/mol. The summed E-state index contributed by atoms with van der Waals surface area (Å²) >= 11 is 0. The van der Waals surface area contributed by atoms with Crippen molar-refractivity contribution in [3.05, 3.63) is 35.9 Å². The number of nitrogens with one attached hydrogen (secondary N) is 1. The summed E-state index contributed by atoms with van der Waals surface area (Å²) < 4.78 is 0. The second-order valence-corrected chi connectivity index (χ2v) is 6.80. The molecule has 0 amide bonds. The molecule has 20 heavy (non-hydrogen) atoms. The minimum Gasteiger partial charge on any atom is -0.311 e. The van der Waals surface area contributed by atoms with Crippen molar-refractivity contribution in [2.45, 2.75) is 51.7 Å². The fourth-order valence-electron chi connectivity index (χ4n) is 3.58. The molecular formula is C18H28N2. The molecule has 2 nitrogen and oxygen atoms in total. The number of piperazine rings is 1. The summed E-state index contributed by atoms with van der Waals surface area (Å²) in [5.41, 5.74) is 1.47. The molecule has 1 aromatic carbocycles. The van der Waals surface area contributed by atoms with E-state index in [0.717, 1.165) is 24.4 Å². The monoisotopic (exact) mass is 272 g/mol. The molecular weight excluding hydrogens is 244 g/mol. The summed E-state index contributed by atoms with van der Waals surface area (Å²) in [6, 6.07) is 13.1. The SMILES string of the molecule is CCC(C)C1CN(C2CC2C)C(c2ccccc2)CN1. The third kappa shape index (κ3) is 2.77. The molecule has 0 aromatic heterocycles. The van der Waals surface area contributed by atoms with Crippen molar-refractivity contribution in [3.8, 4) is 0 Å². The van der Waals surface area contributed by atoms with Crippen LogP contribution in [0, 0.1) is 11.8 Å². The van der Waals surface area contributed by atoms with E-state index in [9.17, 15) is 0 Å². The first-order chi connectivity index (χ1) is 9.70. The third-order valence-electron chi connectivity index (χ3n) is 5.39. The normalized spacial score (nSPS) is 35.8. The van der Waals surface area contributed by atoms with Crippen LogP contribution < -0.4 is 5.32 Å². The highest BCUT2D eigenvalue weighted by Crippen LogP contribution is 2.41. The van der Waals surface area contributed by atoms with Gasteiger partial charge in [0.2, 0.25) is 0 Å². The lowest BCUT2D eigenvalue weighted by atomic mass is 9.93. The maximum absolute atomic E-state index is 3.80. The van der Waals surface area contributed by atoms with Crippen LogP contribution in [0.2, 0.25) is 0 Å². The van der Waals surface area contributed by atoms with Gasteiger partial charge in [0.1, 0.15) is 0 Å². The highest BCUT2D eigenvalue weighted by atomic mass is 15.3. The van der Waals surface area contributed by atoms with Gasteiger partial charge in [-0.1, -0.05) is 57.5 Å². The second kappa shape index (κ2) is 5.87. The summed E-state index contributed by atoms with van der Waals surface area (Å²) in [6.07, 6.45) is 2.65. The fourth-order valence-corrected chi connectivity index (χ4v) is 3.58. The third-order valence-corrected chi connectivity index (χ3v) is 5.39. The highest BCUT2D eigenvalue weighted by molar-refractivity contribution is 5.21. The van der Waals surface area contributed by atoms with E-state index in [1.54, 1.807) is 0 Å². The molecule has 1 saturated carbocycles. The van der Waals surface area contributed by atoms with Crippen molar-refractivity contribution in [2.75, 3.05) is 13.1 Å². The van der Waals surface area contributed by atoms with Crippen LogP contribution in [0.1, 0.15) is 45.2 Å². The zero-order chi connectivity index (χ0) is 14.1. The molecule has 1 aromatic rings.